The minimum atomic E-state index is -1.43. The maximum Gasteiger partial charge on any atom is 0.110 e. The van der Waals surface area contributed by atoms with Crippen molar-refractivity contribution in [3.8, 4) is 0 Å². The Morgan fingerprint density at radius 3 is 2.06 bits per heavy atom. The van der Waals surface area contributed by atoms with Crippen molar-refractivity contribution in [1.82, 2.24) is 5.32 Å². The molecule has 0 heterocycles. The summed E-state index contributed by atoms with van der Waals surface area (Å²) in [4.78, 5) is 0. The SMILES string of the molecule is CCCCCN[C@@H]1[C@@H](O)[C@H](O)[C@@H](O)[C@H](O)[C@H]1CO. The topological polar surface area (TPSA) is 113 Å². The Bertz CT molecular complexity index is 241. The Labute approximate surface area is 107 Å². The van der Waals surface area contributed by atoms with Gasteiger partial charge in [-0.2, -0.15) is 0 Å². The largest absolute Gasteiger partial charge is 0.396 e. The fraction of sp³-hybridized carbons (Fsp3) is 1.00. The van der Waals surface area contributed by atoms with Crippen LogP contribution in [0.2, 0.25) is 0 Å². The molecule has 6 nitrogen and oxygen atoms in total. The van der Waals surface area contributed by atoms with Crippen LogP contribution in [0.25, 0.3) is 0 Å². The molecule has 0 aliphatic heterocycles. The normalized spacial score (nSPS) is 41.0. The molecule has 0 aromatic carbocycles. The molecule has 0 amide bonds. The van der Waals surface area contributed by atoms with Gasteiger partial charge in [0.25, 0.3) is 0 Å². The fourth-order valence-electron chi connectivity index (χ4n) is 2.47. The van der Waals surface area contributed by atoms with Crippen LogP contribution in [0.5, 0.6) is 0 Å². The maximum atomic E-state index is 9.89. The summed E-state index contributed by atoms with van der Waals surface area (Å²) in [6, 6.07) is -0.611. The summed E-state index contributed by atoms with van der Waals surface area (Å²) in [6.45, 7) is 2.37. The van der Waals surface area contributed by atoms with Gasteiger partial charge in [-0.25, -0.2) is 0 Å². The zero-order chi connectivity index (χ0) is 13.7. The maximum absolute atomic E-state index is 9.89. The van der Waals surface area contributed by atoms with E-state index in [1.54, 1.807) is 0 Å². The van der Waals surface area contributed by atoms with Crippen LogP contribution in [0.4, 0.5) is 0 Å². The summed E-state index contributed by atoms with van der Waals surface area (Å²) in [7, 11) is 0. The molecule has 0 radical (unpaired) electrons. The second kappa shape index (κ2) is 7.37. The lowest BCUT2D eigenvalue weighted by Crippen LogP contribution is -2.65. The smallest absolute Gasteiger partial charge is 0.110 e. The molecule has 1 rings (SSSR count). The van der Waals surface area contributed by atoms with Crippen LogP contribution in [-0.2, 0) is 0 Å². The van der Waals surface area contributed by atoms with E-state index < -0.39 is 36.4 Å². The molecule has 1 saturated carbocycles. The molecule has 6 N–H and O–H groups in total. The summed E-state index contributed by atoms with van der Waals surface area (Å²) < 4.78 is 0. The first kappa shape index (κ1) is 15.8. The molecule has 0 bridgehead atoms. The Morgan fingerprint density at radius 2 is 1.50 bits per heavy atom. The van der Waals surface area contributed by atoms with Crippen molar-refractivity contribution >= 4 is 0 Å². The highest BCUT2D eigenvalue weighted by Gasteiger charge is 2.48. The van der Waals surface area contributed by atoms with Gasteiger partial charge in [0.1, 0.15) is 12.2 Å². The van der Waals surface area contributed by atoms with E-state index in [0.29, 0.717) is 6.54 Å². The Kier molecular flexibility index (Phi) is 6.48. The van der Waals surface area contributed by atoms with Crippen LogP contribution in [0.3, 0.4) is 0 Å². The summed E-state index contributed by atoms with van der Waals surface area (Å²) in [6.07, 6.45) is -2.21. The van der Waals surface area contributed by atoms with Crippen LogP contribution in [0, 0.1) is 5.92 Å². The van der Waals surface area contributed by atoms with Crippen LogP contribution < -0.4 is 5.32 Å². The zero-order valence-corrected chi connectivity index (χ0v) is 10.7. The lowest BCUT2D eigenvalue weighted by Gasteiger charge is -2.44. The molecule has 6 heteroatoms. The van der Waals surface area contributed by atoms with Crippen molar-refractivity contribution in [2.75, 3.05) is 13.2 Å². The summed E-state index contributed by atoms with van der Waals surface area (Å²) in [5, 5.41) is 51.1. The second-order valence-corrected chi connectivity index (χ2v) is 5.00. The van der Waals surface area contributed by atoms with Crippen LogP contribution in [0.1, 0.15) is 26.2 Å². The number of rotatable bonds is 6. The summed E-state index contributed by atoms with van der Waals surface area (Å²) in [5.41, 5.74) is 0. The van der Waals surface area contributed by atoms with Crippen molar-refractivity contribution in [3.05, 3.63) is 0 Å². The Morgan fingerprint density at radius 1 is 0.889 bits per heavy atom. The van der Waals surface area contributed by atoms with E-state index in [1.165, 1.54) is 0 Å². The first-order chi connectivity index (χ1) is 8.54. The summed E-state index contributed by atoms with van der Waals surface area (Å²) >= 11 is 0. The molecule has 0 saturated heterocycles. The fourth-order valence-corrected chi connectivity index (χ4v) is 2.47. The van der Waals surface area contributed by atoms with Gasteiger partial charge in [0, 0.05) is 12.0 Å². The molecule has 0 aromatic heterocycles. The number of hydrogen-bond donors (Lipinski definition) is 6. The molecule has 108 valence electrons. The zero-order valence-electron chi connectivity index (χ0n) is 10.7. The first-order valence-corrected chi connectivity index (χ1v) is 6.61. The van der Waals surface area contributed by atoms with Gasteiger partial charge in [-0.3, -0.25) is 0 Å². The number of nitrogens with one attached hydrogen (secondary N) is 1. The summed E-state index contributed by atoms with van der Waals surface area (Å²) in [5.74, 6) is -0.681. The minimum Gasteiger partial charge on any atom is -0.396 e. The molecule has 18 heavy (non-hydrogen) atoms. The molecule has 0 aromatic rings. The lowest BCUT2D eigenvalue weighted by molar-refractivity contribution is -0.176. The van der Waals surface area contributed by atoms with E-state index in [-0.39, 0.29) is 6.61 Å². The Hall–Kier alpha value is -0.240. The Balaban J connectivity index is 2.60. The lowest BCUT2D eigenvalue weighted by atomic mass is 9.77. The average Bonchev–Trinajstić information content (AvgIpc) is 2.38. The molecular weight excluding hydrogens is 238 g/mol. The molecule has 1 aliphatic carbocycles. The van der Waals surface area contributed by atoms with E-state index in [0.717, 1.165) is 19.3 Å². The molecular formula is C12H25NO5. The van der Waals surface area contributed by atoms with Gasteiger partial charge in [-0.1, -0.05) is 19.8 Å². The van der Waals surface area contributed by atoms with E-state index in [2.05, 4.69) is 12.2 Å². The highest BCUT2D eigenvalue weighted by Crippen LogP contribution is 2.26. The molecule has 6 atom stereocenters. The first-order valence-electron chi connectivity index (χ1n) is 6.61. The molecule has 1 aliphatic rings. The van der Waals surface area contributed by atoms with Crippen molar-refractivity contribution in [1.29, 1.82) is 0 Å². The van der Waals surface area contributed by atoms with Crippen molar-refractivity contribution in [2.24, 2.45) is 5.92 Å². The predicted octanol–water partition coefficient (Wildman–Crippen LogP) is -1.80. The predicted molar refractivity (Wildman–Crippen MR) is 65.9 cm³/mol. The third-order valence-corrected chi connectivity index (χ3v) is 3.69. The van der Waals surface area contributed by atoms with Gasteiger partial charge in [0.15, 0.2) is 0 Å². The standard InChI is InChI=1S/C12H25NO5/c1-2-3-4-5-13-8-7(6-14)9(15)11(17)12(18)10(8)16/h7-18H,2-6H2,1H3/t7-,8-,9+,10+,11-,12-/m0/s1. The second-order valence-electron chi connectivity index (χ2n) is 5.00. The van der Waals surface area contributed by atoms with E-state index in [9.17, 15) is 25.5 Å². The highest BCUT2D eigenvalue weighted by molar-refractivity contribution is 5.01. The van der Waals surface area contributed by atoms with Crippen LogP contribution in [0.15, 0.2) is 0 Å². The molecule has 1 fully saturated rings. The highest BCUT2D eigenvalue weighted by atomic mass is 16.4. The van der Waals surface area contributed by atoms with Gasteiger partial charge in [-0.15, -0.1) is 0 Å². The number of unbranched alkanes of at least 4 members (excludes halogenated alkanes) is 2. The minimum absolute atomic E-state index is 0.354. The van der Waals surface area contributed by atoms with Crippen molar-refractivity contribution in [2.45, 2.75) is 56.6 Å². The van der Waals surface area contributed by atoms with Gasteiger partial charge in [-0.05, 0) is 13.0 Å². The van der Waals surface area contributed by atoms with E-state index in [4.69, 9.17) is 0 Å². The molecule has 0 spiro atoms. The van der Waals surface area contributed by atoms with Crippen molar-refractivity contribution < 1.29 is 25.5 Å². The van der Waals surface area contributed by atoms with Gasteiger partial charge < -0.3 is 30.8 Å². The van der Waals surface area contributed by atoms with Crippen LogP contribution in [-0.4, -0.2) is 69.1 Å². The number of hydrogen-bond acceptors (Lipinski definition) is 6. The van der Waals surface area contributed by atoms with Crippen molar-refractivity contribution in [3.63, 3.8) is 0 Å². The third-order valence-electron chi connectivity index (χ3n) is 3.69. The van der Waals surface area contributed by atoms with Gasteiger partial charge >= 0.3 is 0 Å². The van der Waals surface area contributed by atoms with E-state index >= 15 is 0 Å². The van der Waals surface area contributed by atoms with E-state index in [1.807, 2.05) is 0 Å². The average molecular weight is 263 g/mol. The van der Waals surface area contributed by atoms with Crippen LogP contribution >= 0.6 is 0 Å². The van der Waals surface area contributed by atoms with Gasteiger partial charge in [0.05, 0.1) is 18.8 Å². The third kappa shape index (κ3) is 3.40. The monoisotopic (exact) mass is 263 g/mol. The number of aliphatic hydroxyl groups excluding tert-OH is 5. The van der Waals surface area contributed by atoms with Gasteiger partial charge in [0.2, 0.25) is 0 Å². The molecule has 0 unspecified atom stereocenters. The quantitative estimate of drug-likeness (QED) is 0.315. The number of aliphatic hydroxyl groups is 5.